The zero-order valence-electron chi connectivity index (χ0n) is 19.9. The number of nitrogens with one attached hydrogen (secondary N) is 1. The van der Waals surface area contributed by atoms with Gasteiger partial charge in [-0.25, -0.2) is 12.8 Å². The Morgan fingerprint density at radius 2 is 1.84 bits per heavy atom. The van der Waals surface area contributed by atoms with Crippen LogP contribution in [-0.2, 0) is 17.4 Å². The summed E-state index contributed by atoms with van der Waals surface area (Å²) in [6.07, 6.45) is 1.62. The monoisotopic (exact) mass is 541 g/mol. The quantitative estimate of drug-likeness (QED) is 0.183. The van der Waals surface area contributed by atoms with Gasteiger partial charge in [0.25, 0.3) is 5.91 Å². The average Bonchev–Trinajstić information content (AvgIpc) is 3.66. The summed E-state index contributed by atoms with van der Waals surface area (Å²) in [5, 5.41) is 14.0. The maximum Gasteiger partial charge on any atom is 0.304 e. The summed E-state index contributed by atoms with van der Waals surface area (Å²) < 4.78 is 59.7. The number of carbonyl (C=O) groups excluding carboxylic acids is 1. The molecule has 38 heavy (non-hydrogen) atoms. The van der Waals surface area contributed by atoms with Crippen LogP contribution in [0.1, 0.15) is 40.2 Å². The van der Waals surface area contributed by atoms with Crippen LogP contribution >= 0.6 is 0 Å². The summed E-state index contributed by atoms with van der Waals surface area (Å²) >= 11 is 0. The van der Waals surface area contributed by atoms with E-state index >= 15 is 0 Å². The lowest BCUT2D eigenvalue weighted by Gasteiger charge is -2.21. The normalized spacial score (nSPS) is 13.2. The Hall–Kier alpha value is -4.32. The molecule has 1 aliphatic carbocycles. The number of amides is 1. The number of nitrogens with zero attached hydrogens (tertiary/aromatic N) is 2. The molecule has 1 amide bonds. The second-order valence-corrected chi connectivity index (χ2v) is 9.87. The van der Waals surface area contributed by atoms with Gasteiger partial charge in [-0.15, -0.1) is 0 Å². The van der Waals surface area contributed by atoms with Crippen molar-refractivity contribution in [2.45, 2.75) is 25.3 Å². The number of nitro groups is 1. The van der Waals surface area contributed by atoms with Crippen molar-refractivity contribution in [2.24, 2.45) is 0 Å². The molecule has 0 aliphatic heterocycles. The summed E-state index contributed by atoms with van der Waals surface area (Å²) in [5.74, 6) is -1.71. The predicted octanol–water partition coefficient (Wildman–Crippen LogP) is 5.06. The maximum atomic E-state index is 14.2. The van der Waals surface area contributed by atoms with E-state index in [1.807, 2.05) is 0 Å². The van der Waals surface area contributed by atoms with E-state index in [0.717, 1.165) is 29.3 Å². The van der Waals surface area contributed by atoms with Crippen LogP contribution in [0.3, 0.4) is 0 Å². The molecule has 1 fully saturated rings. The lowest BCUT2D eigenvalue weighted by Crippen LogP contribution is -2.22. The molecule has 0 spiro atoms. The number of hydrogen-bond acceptors (Lipinski definition) is 6. The van der Waals surface area contributed by atoms with E-state index in [1.54, 1.807) is 6.07 Å². The molecule has 1 saturated carbocycles. The Bertz CT molecular complexity index is 1650. The summed E-state index contributed by atoms with van der Waals surface area (Å²) in [7, 11) is -1.74. The molecular weight excluding hydrogens is 520 g/mol. The Kier molecular flexibility index (Phi) is 6.57. The molecule has 0 saturated heterocycles. The van der Waals surface area contributed by atoms with Crippen LogP contribution in [0.4, 0.5) is 20.2 Å². The molecule has 12 heteroatoms. The Morgan fingerprint density at radius 3 is 2.42 bits per heavy atom. The van der Waals surface area contributed by atoms with Gasteiger partial charge in [0, 0.05) is 30.1 Å². The van der Waals surface area contributed by atoms with Crippen molar-refractivity contribution in [3.63, 3.8) is 0 Å². The third-order valence-electron chi connectivity index (χ3n) is 6.43. The highest BCUT2D eigenvalue weighted by Gasteiger charge is 2.32. The van der Waals surface area contributed by atoms with Crippen LogP contribution in [0.25, 0.3) is 22.3 Å². The molecule has 0 radical (unpaired) electrons. The minimum atomic E-state index is -3.21. The van der Waals surface area contributed by atoms with Crippen LogP contribution in [0.2, 0.25) is 0 Å². The molecule has 0 atom stereocenters. The molecule has 4 aromatic rings. The number of hydrogen-bond donors (Lipinski definition) is 2. The molecule has 1 N–H and O–H groups in total. The van der Waals surface area contributed by atoms with Crippen molar-refractivity contribution in [3.05, 3.63) is 93.0 Å². The van der Waals surface area contributed by atoms with E-state index in [0.29, 0.717) is 22.2 Å². The van der Waals surface area contributed by atoms with Crippen LogP contribution in [0, 0.1) is 21.7 Å². The van der Waals surface area contributed by atoms with Gasteiger partial charge in [-0.1, -0.05) is 6.07 Å². The molecular formula is C26H21F2N3O6S. The molecule has 196 valence electrons. The molecule has 0 unspecified atom stereocenters. The number of rotatable bonds is 8. The van der Waals surface area contributed by atoms with E-state index in [1.165, 1.54) is 43.4 Å². The summed E-state index contributed by atoms with van der Waals surface area (Å²) in [4.78, 5) is 23.0. The number of nitro benzene ring substituents is 1. The fraction of sp³-hybridized carbons (Fsp3) is 0.192. The molecule has 1 aliphatic rings. The second-order valence-electron chi connectivity index (χ2n) is 8.91. The summed E-state index contributed by atoms with van der Waals surface area (Å²) in [6, 6.07) is 11.9. The van der Waals surface area contributed by atoms with E-state index in [2.05, 4.69) is 5.32 Å². The largest absolute Gasteiger partial charge is 0.455 e. The van der Waals surface area contributed by atoms with Crippen molar-refractivity contribution in [2.75, 3.05) is 11.4 Å². The van der Waals surface area contributed by atoms with Crippen molar-refractivity contribution in [1.82, 2.24) is 5.32 Å². The molecule has 3 aromatic carbocycles. The first-order valence-corrected chi connectivity index (χ1v) is 12.7. The Balaban J connectivity index is 1.66. The minimum Gasteiger partial charge on any atom is -0.455 e. The second kappa shape index (κ2) is 9.86. The van der Waals surface area contributed by atoms with Gasteiger partial charge < -0.3 is 9.73 Å². The number of furan rings is 1. The van der Waals surface area contributed by atoms with Crippen LogP contribution in [-0.4, -0.2) is 26.3 Å². The SMILES string of the molecule is CNC(=O)c1c(-c2ccc(F)cc2)oc2cc(N(Cc3ccc([N+](=O)[O-])c(F)c3)[SH](=O)=O)c(C3CC3)cc12. The van der Waals surface area contributed by atoms with Crippen molar-refractivity contribution >= 4 is 39.1 Å². The smallest absolute Gasteiger partial charge is 0.304 e. The number of thiol groups is 1. The van der Waals surface area contributed by atoms with E-state index in [-0.39, 0.29) is 34.9 Å². The standard InChI is InChI=1S/C26H21F2N3O6S/c1-29-26(32)24-19-11-18(15-3-4-15)22(12-23(19)37-25(24)16-5-7-17(27)8-6-16)30(38(35)36)13-14-2-9-21(31(33)34)20(28)10-14/h2,5-12,15,38H,3-4,13H2,1H3,(H,29,32). The topological polar surface area (TPSA) is 123 Å². The van der Waals surface area contributed by atoms with Crippen LogP contribution < -0.4 is 9.62 Å². The van der Waals surface area contributed by atoms with Gasteiger partial charge in [-0.2, -0.15) is 4.39 Å². The van der Waals surface area contributed by atoms with Crippen LogP contribution in [0.5, 0.6) is 0 Å². The lowest BCUT2D eigenvalue weighted by atomic mass is 10.00. The maximum absolute atomic E-state index is 14.2. The van der Waals surface area contributed by atoms with Crippen molar-refractivity contribution < 1.29 is 31.3 Å². The number of benzene rings is 3. The third-order valence-corrected chi connectivity index (χ3v) is 7.18. The first-order chi connectivity index (χ1) is 18.2. The summed E-state index contributed by atoms with van der Waals surface area (Å²) in [5.41, 5.74) is 1.42. The van der Waals surface area contributed by atoms with Gasteiger partial charge in [0.15, 0.2) is 0 Å². The Morgan fingerprint density at radius 1 is 1.13 bits per heavy atom. The average molecular weight is 542 g/mol. The highest BCUT2D eigenvalue weighted by Crippen LogP contribution is 2.48. The van der Waals surface area contributed by atoms with Gasteiger partial charge in [-0.3, -0.25) is 19.2 Å². The molecule has 9 nitrogen and oxygen atoms in total. The third kappa shape index (κ3) is 4.70. The number of anilines is 1. The number of carbonyl (C=O) groups is 1. The van der Waals surface area contributed by atoms with Crippen LogP contribution in [0.15, 0.2) is 59.0 Å². The first-order valence-electron chi connectivity index (χ1n) is 11.6. The van der Waals surface area contributed by atoms with E-state index in [4.69, 9.17) is 4.42 Å². The van der Waals surface area contributed by atoms with Gasteiger partial charge in [0.1, 0.15) is 17.2 Å². The van der Waals surface area contributed by atoms with Gasteiger partial charge in [0.05, 0.1) is 22.7 Å². The minimum absolute atomic E-state index is 0.0437. The fourth-order valence-electron chi connectivity index (χ4n) is 4.45. The highest BCUT2D eigenvalue weighted by molar-refractivity contribution is 7.74. The van der Waals surface area contributed by atoms with E-state index in [9.17, 15) is 32.1 Å². The Labute approximate surface area is 216 Å². The van der Waals surface area contributed by atoms with Gasteiger partial charge in [0.2, 0.25) is 16.7 Å². The van der Waals surface area contributed by atoms with Crippen molar-refractivity contribution in [3.8, 4) is 11.3 Å². The zero-order valence-corrected chi connectivity index (χ0v) is 20.8. The zero-order chi connectivity index (χ0) is 27.1. The molecule has 5 rings (SSSR count). The van der Waals surface area contributed by atoms with E-state index < -0.39 is 39.0 Å². The highest BCUT2D eigenvalue weighted by atomic mass is 32.2. The number of halogens is 2. The number of fused-ring (bicyclic) bond motifs is 1. The summed E-state index contributed by atoms with van der Waals surface area (Å²) in [6.45, 7) is -0.271. The van der Waals surface area contributed by atoms with Gasteiger partial charge >= 0.3 is 5.69 Å². The van der Waals surface area contributed by atoms with Gasteiger partial charge in [-0.05, 0) is 66.3 Å². The fourth-order valence-corrected chi connectivity index (χ4v) is 5.08. The molecule has 0 bridgehead atoms. The first kappa shape index (κ1) is 25.3. The lowest BCUT2D eigenvalue weighted by molar-refractivity contribution is -0.387. The molecule has 1 aromatic heterocycles. The predicted molar refractivity (Wildman–Crippen MR) is 137 cm³/mol. The molecule has 1 heterocycles. The van der Waals surface area contributed by atoms with Crippen molar-refractivity contribution in [1.29, 1.82) is 0 Å².